The van der Waals surface area contributed by atoms with Crippen LogP contribution in [-0.4, -0.2) is 47.6 Å². The van der Waals surface area contributed by atoms with Crippen molar-refractivity contribution in [3.05, 3.63) is 23.4 Å². The fraction of sp³-hybridized carbons (Fsp3) is 0.688. The number of halogens is 3. The fourth-order valence-corrected chi connectivity index (χ4v) is 2.91. The normalized spacial score (nSPS) is 21.3. The van der Waals surface area contributed by atoms with Gasteiger partial charge in [0.15, 0.2) is 0 Å². The number of hydrogen-bond acceptors (Lipinski definition) is 2. The van der Waals surface area contributed by atoms with Gasteiger partial charge in [-0.2, -0.15) is 13.2 Å². The topological polar surface area (TPSA) is 23.6 Å². The first kappa shape index (κ1) is 18.7. The summed E-state index contributed by atoms with van der Waals surface area (Å²) in [5.41, 5.74) is -0.825. The van der Waals surface area contributed by atoms with Gasteiger partial charge in [0, 0.05) is 26.1 Å². The summed E-state index contributed by atoms with van der Waals surface area (Å²) in [6.45, 7) is 8.08. The summed E-state index contributed by atoms with van der Waals surface area (Å²) in [5.74, 6) is -0.372. The van der Waals surface area contributed by atoms with Crippen molar-refractivity contribution in [3.8, 4) is 0 Å². The van der Waals surface area contributed by atoms with Crippen LogP contribution in [0.1, 0.15) is 40.5 Å². The summed E-state index contributed by atoms with van der Waals surface area (Å²) < 4.78 is 39.4. The van der Waals surface area contributed by atoms with Gasteiger partial charge in [-0.1, -0.05) is 12.2 Å². The van der Waals surface area contributed by atoms with Crippen LogP contribution in [0.15, 0.2) is 23.4 Å². The van der Waals surface area contributed by atoms with Gasteiger partial charge >= 0.3 is 6.18 Å². The van der Waals surface area contributed by atoms with Crippen LogP contribution in [0, 0.1) is 0 Å². The molecule has 0 aliphatic carbocycles. The predicted octanol–water partition coefficient (Wildman–Crippen LogP) is 3.73. The molecule has 1 atom stereocenters. The Morgan fingerprint density at radius 2 is 1.95 bits per heavy atom. The van der Waals surface area contributed by atoms with Crippen LogP contribution in [0.2, 0.25) is 0 Å². The molecule has 0 saturated carbocycles. The minimum atomic E-state index is -4.47. The van der Waals surface area contributed by atoms with Crippen LogP contribution in [0.25, 0.3) is 0 Å². The fourth-order valence-electron chi connectivity index (χ4n) is 2.91. The van der Waals surface area contributed by atoms with Gasteiger partial charge in [0.05, 0.1) is 11.3 Å². The number of nitrogens with zero attached hydrogens (tertiary/aromatic N) is 2. The zero-order valence-electron chi connectivity index (χ0n) is 13.7. The first-order chi connectivity index (χ1) is 10.2. The van der Waals surface area contributed by atoms with Crippen molar-refractivity contribution in [2.75, 3.05) is 19.6 Å². The molecule has 0 N–H and O–H groups in total. The minimum absolute atomic E-state index is 0.0608. The quantitative estimate of drug-likeness (QED) is 0.721. The lowest BCUT2D eigenvalue weighted by Crippen LogP contribution is -2.40. The van der Waals surface area contributed by atoms with Crippen molar-refractivity contribution in [1.29, 1.82) is 0 Å². The largest absolute Gasteiger partial charge is 0.418 e. The Bertz CT molecular complexity index is 455. The van der Waals surface area contributed by atoms with Crippen molar-refractivity contribution in [3.63, 3.8) is 0 Å². The van der Waals surface area contributed by atoms with E-state index < -0.39 is 11.7 Å². The third-order valence-electron chi connectivity index (χ3n) is 4.12. The summed E-state index contributed by atoms with van der Waals surface area (Å²) in [6, 6.07) is 0.423. The number of hydrogen-bond donors (Lipinski definition) is 0. The SMILES string of the molecule is C/C=C(/C(=C\C)C(F)(F)F)N(CCN1CCC[C@@H]1C)C(C)=O. The van der Waals surface area contributed by atoms with Crippen LogP contribution >= 0.6 is 0 Å². The Morgan fingerprint density at radius 3 is 2.32 bits per heavy atom. The first-order valence-corrected chi connectivity index (χ1v) is 7.64. The lowest BCUT2D eigenvalue weighted by Gasteiger charge is -2.30. The van der Waals surface area contributed by atoms with Crippen molar-refractivity contribution in [2.45, 2.75) is 52.8 Å². The van der Waals surface area contributed by atoms with Gasteiger partial charge in [-0.3, -0.25) is 9.69 Å². The highest BCUT2D eigenvalue weighted by atomic mass is 19.4. The van der Waals surface area contributed by atoms with Gasteiger partial charge in [-0.25, -0.2) is 0 Å². The van der Waals surface area contributed by atoms with Gasteiger partial charge in [0.1, 0.15) is 0 Å². The molecule has 0 bridgehead atoms. The molecule has 6 heteroatoms. The molecule has 1 aliphatic rings. The monoisotopic (exact) mass is 318 g/mol. The summed E-state index contributed by atoms with van der Waals surface area (Å²) in [7, 11) is 0. The van der Waals surface area contributed by atoms with Crippen molar-refractivity contribution in [2.24, 2.45) is 0 Å². The van der Waals surface area contributed by atoms with Gasteiger partial charge in [-0.05, 0) is 40.2 Å². The Kier molecular flexibility index (Phi) is 6.66. The molecule has 0 unspecified atom stereocenters. The second-order valence-corrected chi connectivity index (χ2v) is 5.57. The van der Waals surface area contributed by atoms with Crippen LogP contribution in [0.4, 0.5) is 13.2 Å². The summed E-state index contributed by atoms with van der Waals surface area (Å²) in [6.07, 6.45) is 0.103. The van der Waals surface area contributed by atoms with Gasteiger partial charge < -0.3 is 4.90 Å². The maximum Gasteiger partial charge on any atom is 0.418 e. The Hall–Kier alpha value is -1.30. The molecule has 126 valence electrons. The second kappa shape index (κ2) is 7.81. The Labute approximate surface area is 130 Å². The van der Waals surface area contributed by atoms with E-state index >= 15 is 0 Å². The average Bonchev–Trinajstić information content (AvgIpc) is 2.81. The van der Waals surface area contributed by atoms with E-state index in [1.807, 2.05) is 0 Å². The number of carbonyl (C=O) groups is 1. The van der Waals surface area contributed by atoms with E-state index in [-0.39, 0.29) is 18.1 Å². The number of carbonyl (C=O) groups excluding carboxylic acids is 1. The number of alkyl halides is 3. The van der Waals surface area contributed by atoms with Crippen LogP contribution in [0.3, 0.4) is 0 Å². The zero-order valence-corrected chi connectivity index (χ0v) is 13.7. The molecule has 0 radical (unpaired) electrons. The van der Waals surface area contributed by atoms with E-state index in [4.69, 9.17) is 0 Å². The smallest absolute Gasteiger partial charge is 0.311 e. The maximum atomic E-state index is 13.1. The molecule has 1 fully saturated rings. The number of amides is 1. The highest BCUT2D eigenvalue weighted by Gasteiger charge is 2.37. The van der Waals surface area contributed by atoms with E-state index in [0.717, 1.165) is 25.5 Å². The summed E-state index contributed by atoms with van der Waals surface area (Å²) in [4.78, 5) is 15.3. The molecule has 0 aromatic heterocycles. The molecule has 1 rings (SSSR count). The third-order valence-corrected chi connectivity index (χ3v) is 4.12. The molecule has 22 heavy (non-hydrogen) atoms. The average molecular weight is 318 g/mol. The van der Waals surface area contributed by atoms with E-state index in [1.165, 1.54) is 31.7 Å². The molecule has 3 nitrogen and oxygen atoms in total. The zero-order chi connectivity index (χ0) is 16.9. The lowest BCUT2D eigenvalue weighted by molar-refractivity contribution is -0.128. The van der Waals surface area contributed by atoms with Crippen molar-refractivity contribution < 1.29 is 18.0 Å². The minimum Gasteiger partial charge on any atom is -0.311 e. The Morgan fingerprint density at radius 1 is 1.32 bits per heavy atom. The Balaban J connectivity index is 2.90. The molecular formula is C16H25F3N2O. The number of rotatable bonds is 5. The van der Waals surface area contributed by atoms with Gasteiger partial charge in [0.25, 0.3) is 0 Å². The lowest BCUT2D eigenvalue weighted by atomic mass is 10.1. The van der Waals surface area contributed by atoms with Crippen LogP contribution in [0.5, 0.6) is 0 Å². The van der Waals surface area contributed by atoms with E-state index in [2.05, 4.69) is 11.8 Å². The van der Waals surface area contributed by atoms with E-state index in [1.54, 1.807) is 0 Å². The van der Waals surface area contributed by atoms with Crippen LogP contribution in [-0.2, 0) is 4.79 Å². The predicted molar refractivity (Wildman–Crippen MR) is 81.2 cm³/mol. The number of allylic oxidation sites excluding steroid dienone is 3. The standard InChI is InChI=1S/C16H25F3N2O/c1-5-14(16(17,18)19)15(6-2)21(13(4)22)11-10-20-9-7-8-12(20)3/h5-6,12H,7-11H2,1-4H3/b14-5+,15-6-/t12-/m0/s1. The molecule has 1 amide bonds. The maximum absolute atomic E-state index is 13.1. The summed E-state index contributed by atoms with van der Waals surface area (Å²) >= 11 is 0. The highest BCUT2D eigenvalue weighted by Crippen LogP contribution is 2.33. The molecule has 1 aliphatic heterocycles. The first-order valence-electron chi connectivity index (χ1n) is 7.64. The molecule has 1 saturated heterocycles. The third kappa shape index (κ3) is 4.60. The van der Waals surface area contributed by atoms with Crippen molar-refractivity contribution >= 4 is 5.91 Å². The van der Waals surface area contributed by atoms with E-state index in [9.17, 15) is 18.0 Å². The molecule has 0 aromatic rings. The molecule has 0 spiro atoms. The molecule has 0 aromatic carbocycles. The highest BCUT2D eigenvalue weighted by molar-refractivity contribution is 5.76. The van der Waals surface area contributed by atoms with E-state index in [0.29, 0.717) is 12.6 Å². The molecule has 1 heterocycles. The van der Waals surface area contributed by atoms with Crippen molar-refractivity contribution in [1.82, 2.24) is 9.80 Å². The number of likely N-dealkylation sites (tertiary alicyclic amines) is 1. The van der Waals surface area contributed by atoms with Gasteiger partial charge in [-0.15, -0.1) is 0 Å². The van der Waals surface area contributed by atoms with Gasteiger partial charge in [0.2, 0.25) is 5.91 Å². The van der Waals surface area contributed by atoms with Crippen LogP contribution < -0.4 is 0 Å². The molecular weight excluding hydrogens is 293 g/mol. The second-order valence-electron chi connectivity index (χ2n) is 5.57. The summed E-state index contributed by atoms with van der Waals surface area (Å²) in [5, 5.41) is 0.